The van der Waals surface area contributed by atoms with Crippen LogP contribution in [0.1, 0.15) is 51.0 Å². The van der Waals surface area contributed by atoms with E-state index in [1.54, 1.807) is 0 Å². The van der Waals surface area contributed by atoms with Gasteiger partial charge in [-0.1, -0.05) is 39.0 Å². The molecule has 0 unspecified atom stereocenters. The second-order valence-corrected chi connectivity index (χ2v) is 8.63. The molecule has 0 bridgehead atoms. The number of benzene rings is 1. The Bertz CT molecular complexity index is 557. The molecular weight excluding hydrogens is 356 g/mol. The summed E-state index contributed by atoms with van der Waals surface area (Å²) in [4.78, 5) is 0. The molecule has 0 heterocycles. The lowest BCUT2D eigenvalue weighted by Gasteiger charge is -2.27. The van der Waals surface area contributed by atoms with Crippen molar-refractivity contribution in [3.63, 3.8) is 0 Å². The number of halogens is 4. The maximum atomic E-state index is 14.4. The van der Waals surface area contributed by atoms with Crippen LogP contribution in [0.4, 0.5) is 17.6 Å². The standard InChI is InChI=1S/C17H26F4O3Si/c1-5-6-7-8-9-10-11-12-13(18)14(19)15(20)16(21)17(12)25(22-2,23-3)24-4/h5-11H2,1-4H3. The van der Waals surface area contributed by atoms with Gasteiger partial charge in [0.05, 0.1) is 5.19 Å². The molecule has 0 saturated carbocycles. The summed E-state index contributed by atoms with van der Waals surface area (Å²) in [6.07, 6.45) is 5.53. The minimum atomic E-state index is -3.87. The highest BCUT2D eigenvalue weighted by Gasteiger charge is 2.48. The Kier molecular flexibility index (Phi) is 9.05. The number of hydrogen-bond acceptors (Lipinski definition) is 3. The van der Waals surface area contributed by atoms with Crippen molar-refractivity contribution in [2.75, 3.05) is 21.3 Å². The van der Waals surface area contributed by atoms with Crippen LogP contribution in [0, 0.1) is 23.3 Å². The molecule has 0 aliphatic rings. The lowest BCUT2D eigenvalue weighted by Crippen LogP contribution is -2.58. The zero-order chi connectivity index (χ0) is 19.0. The molecule has 0 spiro atoms. The maximum Gasteiger partial charge on any atom is 0.539 e. The largest absolute Gasteiger partial charge is 0.539 e. The summed E-state index contributed by atoms with van der Waals surface area (Å²) < 4.78 is 71.7. The number of hydrogen-bond donors (Lipinski definition) is 0. The lowest BCUT2D eigenvalue weighted by atomic mass is 10.0. The zero-order valence-corrected chi connectivity index (χ0v) is 16.2. The molecule has 0 aliphatic carbocycles. The summed E-state index contributed by atoms with van der Waals surface area (Å²) >= 11 is 0. The molecule has 8 heteroatoms. The van der Waals surface area contributed by atoms with E-state index >= 15 is 0 Å². The van der Waals surface area contributed by atoms with Gasteiger partial charge in [-0.15, -0.1) is 0 Å². The smallest absolute Gasteiger partial charge is 0.373 e. The van der Waals surface area contributed by atoms with E-state index in [-0.39, 0.29) is 12.0 Å². The highest BCUT2D eigenvalue weighted by molar-refractivity contribution is 6.75. The van der Waals surface area contributed by atoms with E-state index in [1.807, 2.05) is 0 Å². The lowest BCUT2D eigenvalue weighted by molar-refractivity contribution is 0.138. The van der Waals surface area contributed by atoms with Crippen LogP contribution < -0.4 is 5.19 Å². The second kappa shape index (κ2) is 10.3. The van der Waals surface area contributed by atoms with E-state index in [1.165, 1.54) is 21.3 Å². The first-order valence-electron chi connectivity index (χ1n) is 8.40. The van der Waals surface area contributed by atoms with Gasteiger partial charge in [-0.05, 0) is 12.8 Å². The molecule has 0 N–H and O–H groups in total. The molecule has 25 heavy (non-hydrogen) atoms. The van der Waals surface area contributed by atoms with Crippen LogP contribution in [-0.2, 0) is 19.7 Å². The van der Waals surface area contributed by atoms with Gasteiger partial charge in [0.2, 0.25) is 0 Å². The average molecular weight is 382 g/mol. The van der Waals surface area contributed by atoms with E-state index in [0.717, 1.165) is 32.1 Å². The molecule has 0 radical (unpaired) electrons. The topological polar surface area (TPSA) is 27.7 Å². The van der Waals surface area contributed by atoms with Gasteiger partial charge in [-0.3, -0.25) is 0 Å². The first-order valence-corrected chi connectivity index (χ1v) is 10.1. The molecule has 1 rings (SSSR count). The van der Waals surface area contributed by atoms with Crippen molar-refractivity contribution in [3.8, 4) is 0 Å². The predicted molar refractivity (Wildman–Crippen MR) is 89.8 cm³/mol. The number of unbranched alkanes of at least 4 members (excludes halogenated alkanes) is 5. The van der Waals surface area contributed by atoms with Crippen LogP contribution >= 0.6 is 0 Å². The van der Waals surface area contributed by atoms with Crippen molar-refractivity contribution in [2.45, 2.75) is 51.9 Å². The summed E-state index contributed by atoms with van der Waals surface area (Å²) in [5.74, 6) is -6.64. The fourth-order valence-corrected chi connectivity index (χ4v) is 4.96. The molecule has 0 aliphatic heterocycles. The average Bonchev–Trinajstić information content (AvgIpc) is 2.63. The van der Waals surface area contributed by atoms with E-state index in [2.05, 4.69) is 6.92 Å². The van der Waals surface area contributed by atoms with Crippen molar-refractivity contribution in [2.24, 2.45) is 0 Å². The van der Waals surface area contributed by atoms with Crippen molar-refractivity contribution in [3.05, 3.63) is 28.8 Å². The highest BCUT2D eigenvalue weighted by atomic mass is 28.4. The molecule has 0 aromatic heterocycles. The third kappa shape index (κ3) is 4.81. The third-order valence-electron chi connectivity index (χ3n) is 4.26. The van der Waals surface area contributed by atoms with Crippen LogP contribution in [0.15, 0.2) is 0 Å². The molecular formula is C17H26F4O3Si. The summed E-state index contributed by atoms with van der Waals surface area (Å²) in [6, 6.07) is 0. The predicted octanol–water partition coefficient (Wildman–Crippen LogP) is 4.23. The Morgan fingerprint density at radius 1 is 0.680 bits per heavy atom. The minimum absolute atomic E-state index is 0.0479. The van der Waals surface area contributed by atoms with Crippen LogP contribution in [-0.4, -0.2) is 30.1 Å². The molecule has 1 aromatic carbocycles. The van der Waals surface area contributed by atoms with Gasteiger partial charge >= 0.3 is 8.80 Å². The summed E-state index contributed by atoms with van der Waals surface area (Å²) in [5.41, 5.74) is -0.274. The first kappa shape index (κ1) is 22.1. The molecule has 0 amide bonds. The van der Waals surface area contributed by atoms with E-state index in [4.69, 9.17) is 13.3 Å². The molecule has 144 valence electrons. The van der Waals surface area contributed by atoms with Crippen molar-refractivity contribution < 1.29 is 30.8 Å². The Hall–Kier alpha value is -0.963. The van der Waals surface area contributed by atoms with Gasteiger partial charge in [-0.25, -0.2) is 17.6 Å². The van der Waals surface area contributed by atoms with Gasteiger partial charge in [0.15, 0.2) is 23.3 Å². The maximum absolute atomic E-state index is 14.4. The first-order chi connectivity index (χ1) is 11.9. The SMILES string of the molecule is CCCCCCCCc1c(F)c(F)c(F)c(F)c1[Si](OC)(OC)OC. The Labute approximate surface area is 147 Å². The van der Waals surface area contributed by atoms with Gasteiger partial charge in [-0.2, -0.15) is 0 Å². The normalized spacial score (nSPS) is 12.0. The second-order valence-electron chi connectivity index (χ2n) is 5.80. The van der Waals surface area contributed by atoms with Crippen molar-refractivity contribution >= 4 is 14.0 Å². The fourth-order valence-electron chi connectivity index (χ4n) is 2.87. The van der Waals surface area contributed by atoms with Crippen LogP contribution in [0.3, 0.4) is 0 Å². The van der Waals surface area contributed by atoms with Gasteiger partial charge in [0.25, 0.3) is 0 Å². The molecule has 0 saturated heterocycles. The Morgan fingerprint density at radius 3 is 1.68 bits per heavy atom. The monoisotopic (exact) mass is 382 g/mol. The molecule has 0 fully saturated rings. The third-order valence-corrected chi connectivity index (χ3v) is 7.00. The van der Waals surface area contributed by atoms with E-state index in [9.17, 15) is 17.6 Å². The van der Waals surface area contributed by atoms with E-state index < -0.39 is 37.3 Å². The van der Waals surface area contributed by atoms with Crippen molar-refractivity contribution in [1.29, 1.82) is 0 Å². The zero-order valence-electron chi connectivity index (χ0n) is 15.2. The summed E-state index contributed by atoms with van der Waals surface area (Å²) in [5, 5.41) is -0.468. The number of rotatable bonds is 11. The van der Waals surface area contributed by atoms with Crippen molar-refractivity contribution in [1.82, 2.24) is 0 Å². The van der Waals surface area contributed by atoms with Gasteiger partial charge < -0.3 is 13.3 Å². The fraction of sp³-hybridized carbons (Fsp3) is 0.647. The Balaban J connectivity index is 3.21. The molecule has 0 atom stereocenters. The van der Waals surface area contributed by atoms with E-state index in [0.29, 0.717) is 6.42 Å². The quantitative estimate of drug-likeness (QED) is 0.188. The van der Waals surface area contributed by atoms with Gasteiger partial charge in [0, 0.05) is 26.9 Å². The van der Waals surface area contributed by atoms with Crippen LogP contribution in [0.2, 0.25) is 0 Å². The van der Waals surface area contributed by atoms with Gasteiger partial charge in [0.1, 0.15) is 0 Å². The summed E-state index contributed by atoms with van der Waals surface area (Å²) in [7, 11) is -0.269. The Morgan fingerprint density at radius 2 is 1.16 bits per heavy atom. The summed E-state index contributed by atoms with van der Waals surface area (Å²) in [6.45, 7) is 2.09. The highest BCUT2D eigenvalue weighted by Crippen LogP contribution is 2.23. The molecule has 1 aromatic rings. The molecule has 3 nitrogen and oxygen atoms in total. The van der Waals surface area contributed by atoms with Crippen LogP contribution in [0.25, 0.3) is 0 Å². The van der Waals surface area contributed by atoms with Crippen LogP contribution in [0.5, 0.6) is 0 Å². The minimum Gasteiger partial charge on any atom is -0.373 e.